The number of nitrogens with zero attached hydrogens (tertiary/aromatic N) is 1. The summed E-state index contributed by atoms with van der Waals surface area (Å²) in [4.78, 5) is 24.7. The number of carbonyl (C=O) groups excluding carboxylic acids is 2. The molecule has 1 aliphatic rings. The van der Waals surface area contributed by atoms with Crippen LogP contribution in [0.1, 0.15) is 26.3 Å². The van der Waals surface area contributed by atoms with E-state index in [0.29, 0.717) is 36.4 Å². The average Bonchev–Trinajstić information content (AvgIpc) is 3.04. The quantitative estimate of drug-likeness (QED) is 0.753. The number of fused-ring (bicyclic) bond motifs is 1. The van der Waals surface area contributed by atoms with Crippen LogP contribution in [0.3, 0.4) is 0 Å². The van der Waals surface area contributed by atoms with Crippen molar-refractivity contribution in [2.24, 2.45) is 5.41 Å². The van der Waals surface area contributed by atoms with Crippen LogP contribution in [-0.2, 0) is 26.0 Å². The van der Waals surface area contributed by atoms with E-state index in [-0.39, 0.29) is 10.8 Å². The highest BCUT2D eigenvalue weighted by Crippen LogP contribution is 2.30. The highest BCUT2D eigenvalue weighted by molar-refractivity contribution is 7.92. The van der Waals surface area contributed by atoms with E-state index in [0.717, 1.165) is 5.56 Å². The molecule has 0 unspecified atom stereocenters. The lowest BCUT2D eigenvalue weighted by Crippen LogP contribution is -2.27. The molecular weight excluding hydrogens is 378 g/mol. The predicted molar refractivity (Wildman–Crippen MR) is 109 cm³/mol. The van der Waals surface area contributed by atoms with Gasteiger partial charge in [-0.15, -0.1) is 0 Å². The molecule has 2 amide bonds. The Kier molecular flexibility index (Phi) is 5.16. The lowest BCUT2D eigenvalue weighted by atomic mass is 9.95. The van der Waals surface area contributed by atoms with Gasteiger partial charge in [0, 0.05) is 29.0 Å². The van der Waals surface area contributed by atoms with E-state index in [4.69, 9.17) is 0 Å². The molecule has 0 fully saturated rings. The number of carbonyl (C=O) groups is 2. The zero-order chi connectivity index (χ0) is 20.5. The number of nitrogens with one attached hydrogen (secondary N) is 2. The van der Waals surface area contributed by atoms with Crippen molar-refractivity contribution < 1.29 is 18.0 Å². The molecule has 0 spiro atoms. The second kappa shape index (κ2) is 7.27. The van der Waals surface area contributed by atoms with Crippen LogP contribution in [0.4, 0.5) is 17.1 Å². The maximum atomic E-state index is 12.7. The molecule has 0 atom stereocenters. The molecule has 3 rings (SSSR count). The minimum atomic E-state index is -3.81. The smallest absolute Gasteiger partial charge is 0.261 e. The minimum absolute atomic E-state index is 0.0881. The molecule has 0 saturated heterocycles. The summed E-state index contributed by atoms with van der Waals surface area (Å²) in [7, 11) is -3.81. The van der Waals surface area contributed by atoms with Gasteiger partial charge in [0.05, 0.1) is 4.90 Å². The van der Waals surface area contributed by atoms with Gasteiger partial charge in [0.1, 0.15) is 0 Å². The molecule has 0 aromatic heterocycles. The summed E-state index contributed by atoms with van der Waals surface area (Å²) in [5, 5.41) is 2.79. The van der Waals surface area contributed by atoms with Crippen molar-refractivity contribution in [3.63, 3.8) is 0 Å². The van der Waals surface area contributed by atoms with Crippen molar-refractivity contribution >= 4 is 39.4 Å². The highest BCUT2D eigenvalue weighted by atomic mass is 32.2. The minimum Gasteiger partial charge on any atom is -0.326 e. The Morgan fingerprint density at radius 3 is 2.32 bits per heavy atom. The fourth-order valence-corrected chi connectivity index (χ4v) is 3.89. The molecule has 0 bridgehead atoms. The van der Waals surface area contributed by atoms with Gasteiger partial charge in [-0.2, -0.15) is 0 Å². The first-order chi connectivity index (χ1) is 13.1. The number of hydrogen-bond acceptors (Lipinski definition) is 4. The lowest BCUT2D eigenvalue weighted by molar-refractivity contribution is -0.123. The fraction of sp³-hybridized carbons (Fsp3) is 0.300. The number of rotatable bonds is 5. The highest BCUT2D eigenvalue weighted by Gasteiger charge is 2.23. The van der Waals surface area contributed by atoms with Gasteiger partial charge < -0.3 is 10.2 Å². The first-order valence-corrected chi connectivity index (χ1v) is 10.4. The molecule has 28 heavy (non-hydrogen) atoms. The standard InChI is InChI=1S/C20H23N3O4S/c1-20(2,3)19(25)21-15-5-7-16(8-6-15)22-28(26,27)17-9-4-14-10-11-23(13-24)18(14)12-17/h4-9,12-13,22H,10-11H2,1-3H3,(H,21,25). The molecule has 2 N–H and O–H groups in total. The molecule has 0 saturated carbocycles. The van der Waals surface area contributed by atoms with Gasteiger partial charge in [-0.05, 0) is 48.4 Å². The van der Waals surface area contributed by atoms with E-state index in [2.05, 4.69) is 10.0 Å². The van der Waals surface area contributed by atoms with Crippen molar-refractivity contribution in [3.8, 4) is 0 Å². The zero-order valence-corrected chi connectivity index (χ0v) is 16.8. The topological polar surface area (TPSA) is 95.6 Å². The van der Waals surface area contributed by atoms with Crippen LogP contribution in [0, 0.1) is 5.41 Å². The summed E-state index contributed by atoms with van der Waals surface area (Å²) in [6.45, 7) is 5.99. The normalized spacial score (nSPS) is 13.8. The Bertz CT molecular complexity index is 1010. The second-order valence-corrected chi connectivity index (χ2v) is 9.41. The predicted octanol–water partition coefficient (Wildman–Crippen LogP) is 2.99. The molecule has 7 nitrogen and oxygen atoms in total. The molecular formula is C20H23N3O4S. The van der Waals surface area contributed by atoms with Gasteiger partial charge in [-0.25, -0.2) is 8.42 Å². The van der Waals surface area contributed by atoms with Gasteiger partial charge in [0.25, 0.3) is 10.0 Å². The van der Waals surface area contributed by atoms with E-state index in [1.54, 1.807) is 30.3 Å². The average molecular weight is 401 g/mol. The van der Waals surface area contributed by atoms with Crippen LogP contribution in [-0.4, -0.2) is 27.3 Å². The molecule has 1 heterocycles. The molecule has 2 aromatic carbocycles. The van der Waals surface area contributed by atoms with Gasteiger partial charge >= 0.3 is 0 Å². The summed E-state index contributed by atoms with van der Waals surface area (Å²) in [6, 6.07) is 11.2. The first-order valence-electron chi connectivity index (χ1n) is 8.89. The first kappa shape index (κ1) is 19.9. The number of hydrogen-bond donors (Lipinski definition) is 2. The summed E-state index contributed by atoms with van der Waals surface area (Å²) >= 11 is 0. The van der Waals surface area contributed by atoms with Crippen molar-refractivity contribution in [2.75, 3.05) is 21.5 Å². The lowest BCUT2D eigenvalue weighted by Gasteiger charge is -2.18. The van der Waals surface area contributed by atoms with Gasteiger partial charge in [0.2, 0.25) is 12.3 Å². The molecule has 148 valence electrons. The molecule has 8 heteroatoms. The van der Waals surface area contributed by atoms with E-state index in [1.165, 1.54) is 17.0 Å². The van der Waals surface area contributed by atoms with Crippen molar-refractivity contribution in [3.05, 3.63) is 48.0 Å². The van der Waals surface area contributed by atoms with Crippen LogP contribution in [0.25, 0.3) is 0 Å². The van der Waals surface area contributed by atoms with E-state index < -0.39 is 15.4 Å². The monoisotopic (exact) mass is 401 g/mol. The summed E-state index contributed by atoms with van der Waals surface area (Å²) in [5.41, 5.74) is 2.01. The maximum absolute atomic E-state index is 12.7. The Labute approximate surface area is 164 Å². The molecule has 1 aliphatic heterocycles. The number of benzene rings is 2. The Morgan fingerprint density at radius 1 is 1.07 bits per heavy atom. The number of anilines is 3. The molecule has 0 radical (unpaired) electrons. The van der Waals surface area contributed by atoms with E-state index in [1.807, 2.05) is 20.8 Å². The van der Waals surface area contributed by atoms with Crippen LogP contribution in [0.15, 0.2) is 47.4 Å². The second-order valence-electron chi connectivity index (χ2n) is 7.73. The van der Waals surface area contributed by atoms with Crippen LogP contribution >= 0.6 is 0 Å². The maximum Gasteiger partial charge on any atom is 0.261 e. The SMILES string of the molecule is CC(C)(C)C(=O)Nc1ccc(NS(=O)(=O)c2ccc3c(c2)N(C=O)CC3)cc1. The summed E-state index contributed by atoms with van der Waals surface area (Å²) in [5.74, 6) is -0.126. The Balaban J connectivity index is 1.76. The Morgan fingerprint density at radius 2 is 1.71 bits per heavy atom. The fourth-order valence-electron chi connectivity index (χ4n) is 2.81. The third-order valence-electron chi connectivity index (χ3n) is 4.50. The van der Waals surface area contributed by atoms with Gasteiger partial charge in [0.15, 0.2) is 0 Å². The number of sulfonamides is 1. The summed E-state index contributed by atoms with van der Waals surface area (Å²) < 4.78 is 27.9. The van der Waals surface area contributed by atoms with Crippen molar-refractivity contribution in [2.45, 2.75) is 32.1 Å². The van der Waals surface area contributed by atoms with E-state index in [9.17, 15) is 18.0 Å². The third-order valence-corrected chi connectivity index (χ3v) is 5.88. The van der Waals surface area contributed by atoms with Crippen molar-refractivity contribution in [1.29, 1.82) is 0 Å². The van der Waals surface area contributed by atoms with Crippen molar-refractivity contribution in [1.82, 2.24) is 0 Å². The van der Waals surface area contributed by atoms with Crippen LogP contribution < -0.4 is 14.9 Å². The Hall–Kier alpha value is -2.87. The van der Waals surface area contributed by atoms with Crippen LogP contribution in [0.5, 0.6) is 0 Å². The van der Waals surface area contributed by atoms with Gasteiger partial charge in [-0.1, -0.05) is 26.8 Å². The van der Waals surface area contributed by atoms with Crippen LogP contribution in [0.2, 0.25) is 0 Å². The molecule has 2 aromatic rings. The number of amides is 2. The molecule has 0 aliphatic carbocycles. The largest absolute Gasteiger partial charge is 0.326 e. The van der Waals surface area contributed by atoms with E-state index >= 15 is 0 Å². The zero-order valence-electron chi connectivity index (χ0n) is 16.0. The van der Waals surface area contributed by atoms with Gasteiger partial charge in [-0.3, -0.25) is 14.3 Å². The third kappa shape index (κ3) is 4.17. The summed E-state index contributed by atoms with van der Waals surface area (Å²) in [6.07, 6.45) is 1.42.